The SMILES string of the molecule is O=C(O)COCCNC(=O)Cc1ccncc1. The minimum absolute atomic E-state index is 0.130. The summed E-state index contributed by atoms with van der Waals surface area (Å²) in [4.78, 5) is 25.4. The first-order valence-corrected chi connectivity index (χ1v) is 5.13. The van der Waals surface area contributed by atoms with E-state index in [0.717, 1.165) is 5.56 Å². The molecule has 1 amide bonds. The van der Waals surface area contributed by atoms with Crippen LogP contribution >= 0.6 is 0 Å². The van der Waals surface area contributed by atoms with Gasteiger partial charge in [0.15, 0.2) is 0 Å². The third kappa shape index (κ3) is 6.26. The molecule has 1 rings (SSSR count). The smallest absolute Gasteiger partial charge is 0.329 e. The van der Waals surface area contributed by atoms with Gasteiger partial charge in [-0.1, -0.05) is 0 Å². The lowest BCUT2D eigenvalue weighted by Crippen LogP contribution is -2.29. The second-order valence-corrected chi connectivity index (χ2v) is 3.33. The van der Waals surface area contributed by atoms with Crippen molar-refractivity contribution >= 4 is 11.9 Å². The highest BCUT2D eigenvalue weighted by Crippen LogP contribution is 1.96. The fourth-order valence-corrected chi connectivity index (χ4v) is 1.17. The molecule has 0 aliphatic carbocycles. The number of carboxylic acid groups (broad SMARTS) is 1. The molecule has 17 heavy (non-hydrogen) atoms. The molecule has 0 aromatic carbocycles. The van der Waals surface area contributed by atoms with Gasteiger partial charge in [-0.05, 0) is 17.7 Å². The second-order valence-electron chi connectivity index (χ2n) is 3.33. The van der Waals surface area contributed by atoms with Crippen LogP contribution in [0.25, 0.3) is 0 Å². The Morgan fingerprint density at radius 1 is 1.35 bits per heavy atom. The maximum Gasteiger partial charge on any atom is 0.329 e. The first-order chi connectivity index (χ1) is 8.18. The first-order valence-electron chi connectivity index (χ1n) is 5.13. The fourth-order valence-electron chi connectivity index (χ4n) is 1.17. The van der Waals surface area contributed by atoms with Crippen molar-refractivity contribution in [3.05, 3.63) is 30.1 Å². The highest BCUT2D eigenvalue weighted by atomic mass is 16.5. The Labute approximate surface area is 98.6 Å². The number of aliphatic carboxylic acids is 1. The van der Waals surface area contributed by atoms with Gasteiger partial charge in [0.05, 0.1) is 13.0 Å². The molecule has 0 spiro atoms. The molecular formula is C11H14N2O4. The molecule has 1 aromatic rings. The third-order valence-corrected chi connectivity index (χ3v) is 1.91. The zero-order valence-corrected chi connectivity index (χ0v) is 9.26. The molecule has 1 aromatic heterocycles. The van der Waals surface area contributed by atoms with Gasteiger partial charge in [-0.2, -0.15) is 0 Å². The Morgan fingerprint density at radius 3 is 2.71 bits per heavy atom. The molecule has 0 unspecified atom stereocenters. The molecule has 0 aliphatic heterocycles. The maximum absolute atomic E-state index is 11.4. The summed E-state index contributed by atoms with van der Waals surface area (Å²) < 4.78 is 4.77. The Kier molecular flexibility index (Phi) is 5.67. The molecule has 6 nitrogen and oxygen atoms in total. The van der Waals surface area contributed by atoms with Crippen molar-refractivity contribution in [2.75, 3.05) is 19.8 Å². The quantitative estimate of drug-likeness (QED) is 0.644. The molecule has 0 atom stereocenters. The summed E-state index contributed by atoms with van der Waals surface area (Å²) in [6.07, 6.45) is 3.53. The van der Waals surface area contributed by atoms with Crippen LogP contribution < -0.4 is 5.32 Å². The fraction of sp³-hybridized carbons (Fsp3) is 0.364. The molecule has 1 heterocycles. The van der Waals surface area contributed by atoms with E-state index in [1.54, 1.807) is 24.5 Å². The number of aromatic nitrogens is 1. The van der Waals surface area contributed by atoms with Crippen LogP contribution in [-0.2, 0) is 20.7 Å². The highest BCUT2D eigenvalue weighted by Gasteiger charge is 2.02. The van der Waals surface area contributed by atoms with Gasteiger partial charge in [-0.25, -0.2) is 4.79 Å². The normalized spacial score (nSPS) is 9.88. The average Bonchev–Trinajstić information content (AvgIpc) is 2.29. The molecule has 0 bridgehead atoms. The number of carbonyl (C=O) groups excluding carboxylic acids is 1. The van der Waals surface area contributed by atoms with Crippen molar-refractivity contribution in [3.8, 4) is 0 Å². The number of nitrogens with one attached hydrogen (secondary N) is 1. The van der Waals surface area contributed by atoms with Crippen LogP contribution in [0.4, 0.5) is 0 Å². The van der Waals surface area contributed by atoms with E-state index < -0.39 is 5.97 Å². The molecule has 0 fully saturated rings. The van der Waals surface area contributed by atoms with E-state index in [1.807, 2.05) is 0 Å². The van der Waals surface area contributed by atoms with E-state index in [2.05, 4.69) is 10.3 Å². The predicted molar refractivity (Wildman–Crippen MR) is 59.4 cm³/mol. The number of carboxylic acids is 1. The zero-order valence-electron chi connectivity index (χ0n) is 9.26. The number of ether oxygens (including phenoxy) is 1. The summed E-state index contributed by atoms with van der Waals surface area (Å²) in [7, 11) is 0. The molecule has 0 saturated heterocycles. The Hall–Kier alpha value is -1.95. The summed E-state index contributed by atoms with van der Waals surface area (Å²) in [6, 6.07) is 3.53. The number of pyridine rings is 1. The number of hydrogen-bond donors (Lipinski definition) is 2. The number of rotatable bonds is 7. The van der Waals surface area contributed by atoms with Crippen LogP contribution in [-0.4, -0.2) is 41.7 Å². The molecule has 2 N–H and O–H groups in total. The Balaban J connectivity index is 2.12. The number of nitrogens with zero attached hydrogens (tertiary/aromatic N) is 1. The molecule has 0 saturated carbocycles. The van der Waals surface area contributed by atoms with Gasteiger partial charge < -0.3 is 15.2 Å². The van der Waals surface area contributed by atoms with Gasteiger partial charge in [0.2, 0.25) is 5.91 Å². The molecule has 92 valence electrons. The minimum Gasteiger partial charge on any atom is -0.480 e. The lowest BCUT2D eigenvalue weighted by Gasteiger charge is -2.05. The molecule has 0 aliphatic rings. The van der Waals surface area contributed by atoms with Crippen LogP contribution in [0.2, 0.25) is 0 Å². The summed E-state index contributed by atoms with van der Waals surface area (Å²) in [5, 5.41) is 10.9. The van der Waals surface area contributed by atoms with Gasteiger partial charge in [0, 0.05) is 18.9 Å². The third-order valence-electron chi connectivity index (χ3n) is 1.91. The molecule has 6 heteroatoms. The summed E-state index contributed by atoms with van der Waals surface area (Å²) in [5.74, 6) is -1.15. The topological polar surface area (TPSA) is 88.5 Å². The number of hydrogen-bond acceptors (Lipinski definition) is 4. The Morgan fingerprint density at radius 2 is 2.06 bits per heavy atom. The van der Waals surface area contributed by atoms with Crippen LogP contribution in [0.5, 0.6) is 0 Å². The average molecular weight is 238 g/mol. The summed E-state index contributed by atoms with van der Waals surface area (Å²) in [6.45, 7) is 0.145. The van der Waals surface area contributed by atoms with Crippen LogP contribution in [0.3, 0.4) is 0 Å². The van der Waals surface area contributed by atoms with Gasteiger partial charge in [-0.3, -0.25) is 9.78 Å². The predicted octanol–water partition coefficient (Wildman–Crippen LogP) is -0.158. The lowest BCUT2D eigenvalue weighted by molar-refractivity contribution is -0.142. The number of carbonyl (C=O) groups is 2. The van der Waals surface area contributed by atoms with E-state index in [1.165, 1.54) is 0 Å². The molecule has 0 radical (unpaired) electrons. The van der Waals surface area contributed by atoms with Crippen molar-refractivity contribution < 1.29 is 19.4 Å². The van der Waals surface area contributed by atoms with Crippen LogP contribution in [0.1, 0.15) is 5.56 Å². The first kappa shape index (κ1) is 13.1. The second kappa shape index (κ2) is 7.34. The summed E-state index contributed by atoms with van der Waals surface area (Å²) in [5.41, 5.74) is 0.879. The van der Waals surface area contributed by atoms with E-state index in [0.29, 0.717) is 6.54 Å². The van der Waals surface area contributed by atoms with Gasteiger partial charge >= 0.3 is 5.97 Å². The molecular weight excluding hydrogens is 224 g/mol. The lowest BCUT2D eigenvalue weighted by atomic mass is 10.2. The van der Waals surface area contributed by atoms with E-state index in [-0.39, 0.29) is 25.5 Å². The largest absolute Gasteiger partial charge is 0.480 e. The van der Waals surface area contributed by atoms with E-state index in [9.17, 15) is 9.59 Å². The van der Waals surface area contributed by atoms with Gasteiger partial charge in [0.1, 0.15) is 6.61 Å². The van der Waals surface area contributed by atoms with Gasteiger partial charge in [-0.15, -0.1) is 0 Å². The summed E-state index contributed by atoms with van der Waals surface area (Å²) >= 11 is 0. The van der Waals surface area contributed by atoms with Crippen molar-refractivity contribution in [1.82, 2.24) is 10.3 Å². The van der Waals surface area contributed by atoms with Crippen molar-refractivity contribution in [2.24, 2.45) is 0 Å². The standard InChI is InChI=1S/C11H14N2O4/c14-10(7-9-1-3-12-4-2-9)13-5-6-17-8-11(15)16/h1-4H,5-8H2,(H,13,14)(H,15,16). The zero-order chi connectivity index (χ0) is 12.5. The number of amides is 1. The highest BCUT2D eigenvalue weighted by molar-refractivity contribution is 5.78. The van der Waals surface area contributed by atoms with Crippen LogP contribution in [0, 0.1) is 0 Å². The van der Waals surface area contributed by atoms with E-state index >= 15 is 0 Å². The van der Waals surface area contributed by atoms with Crippen molar-refractivity contribution in [3.63, 3.8) is 0 Å². The van der Waals surface area contributed by atoms with E-state index in [4.69, 9.17) is 9.84 Å². The Bertz CT molecular complexity index is 367. The van der Waals surface area contributed by atoms with Crippen LogP contribution in [0.15, 0.2) is 24.5 Å². The minimum atomic E-state index is -1.02. The van der Waals surface area contributed by atoms with Crippen molar-refractivity contribution in [1.29, 1.82) is 0 Å². The van der Waals surface area contributed by atoms with Crippen molar-refractivity contribution in [2.45, 2.75) is 6.42 Å². The van der Waals surface area contributed by atoms with Gasteiger partial charge in [0.25, 0.3) is 0 Å². The maximum atomic E-state index is 11.4. The monoisotopic (exact) mass is 238 g/mol.